The number of aliphatic hydroxyl groups is 3. The van der Waals surface area contributed by atoms with Gasteiger partial charge in [0.05, 0.1) is 16.5 Å². The van der Waals surface area contributed by atoms with Gasteiger partial charge in [-0.05, 0) is 25.6 Å². The average molecular weight is 453 g/mol. The molecule has 1 amide bonds. The largest absolute Gasteiger partial charge is 0.507 e. The highest BCUT2D eigenvalue weighted by Gasteiger charge is 2.65. The smallest absolute Gasteiger partial charge is 0.230 e. The van der Waals surface area contributed by atoms with Crippen LogP contribution in [0.1, 0.15) is 17.2 Å². The zero-order chi connectivity index (χ0) is 23.0. The summed E-state index contributed by atoms with van der Waals surface area (Å²) in [6.45, 7) is 0. The van der Waals surface area contributed by atoms with Gasteiger partial charge in [0.25, 0.3) is 0 Å². The van der Waals surface area contributed by atoms with Gasteiger partial charge >= 0.3 is 0 Å². The van der Waals surface area contributed by atoms with Gasteiger partial charge in [-0.1, -0.05) is 11.6 Å². The number of benzene rings is 2. The molecule has 166 valence electrons. The number of nitrogens with one attached hydrogen (secondary N) is 1. The van der Waals surface area contributed by atoms with Crippen molar-refractivity contribution in [2.24, 2.45) is 17.6 Å². The lowest BCUT2D eigenvalue weighted by molar-refractivity contribution is -0.193. The zero-order valence-electron chi connectivity index (χ0n) is 16.2. The minimum atomic E-state index is -2.62. The fourth-order valence-corrected chi connectivity index (χ4v) is 5.38. The number of aliphatic hydroxyl groups excluding tert-OH is 2. The highest BCUT2D eigenvalue weighted by molar-refractivity contribution is 6.36. The van der Waals surface area contributed by atoms with E-state index in [9.17, 15) is 40.2 Å². The van der Waals surface area contributed by atoms with Crippen LogP contribution in [0.25, 0.3) is 10.8 Å². The van der Waals surface area contributed by atoms with E-state index in [0.29, 0.717) is 0 Å². The van der Waals surface area contributed by atoms with Crippen LogP contribution >= 0.6 is 11.6 Å². The van der Waals surface area contributed by atoms with Crippen molar-refractivity contribution in [1.82, 2.24) is 5.32 Å². The summed E-state index contributed by atoms with van der Waals surface area (Å²) < 4.78 is 0. The second-order valence-corrected chi connectivity index (χ2v) is 8.40. The summed E-state index contributed by atoms with van der Waals surface area (Å²) in [4.78, 5) is 25.0. The molecule has 2 aliphatic carbocycles. The molecule has 0 aromatic heterocycles. The molecular weight excluding hydrogens is 432 g/mol. The maximum atomic E-state index is 13.1. The molecule has 2 aromatic carbocycles. The maximum absolute atomic E-state index is 13.1. The Labute approximate surface area is 180 Å². The van der Waals surface area contributed by atoms with Crippen molar-refractivity contribution in [2.45, 2.75) is 30.3 Å². The van der Waals surface area contributed by atoms with Gasteiger partial charge in [-0.3, -0.25) is 9.59 Å². The van der Waals surface area contributed by atoms with Gasteiger partial charge < -0.3 is 41.7 Å². The Balaban J connectivity index is 2.05. The Morgan fingerprint density at radius 3 is 2.42 bits per heavy atom. The fourth-order valence-electron chi connectivity index (χ4n) is 5.13. The average Bonchev–Trinajstić information content (AvgIpc) is 2.70. The predicted molar refractivity (Wildman–Crippen MR) is 108 cm³/mol. The van der Waals surface area contributed by atoms with Gasteiger partial charge in [0.1, 0.15) is 29.3 Å². The van der Waals surface area contributed by atoms with Crippen molar-refractivity contribution in [3.63, 3.8) is 0 Å². The van der Waals surface area contributed by atoms with Crippen molar-refractivity contribution >= 4 is 34.1 Å². The number of carbonyl (C=O) groups is 2. The normalized spacial score (nSPS) is 32.5. The molecule has 31 heavy (non-hydrogen) atoms. The first-order chi connectivity index (χ1) is 14.5. The standard InChI is InChI=1S/C20H21ClN2O8/c1-23-13-6-4-5-9(15(26)11-8(24)3-2-7(21)10(11)14(5)25)17(28)20(6,31)18(29)12(16(13)27)19(22)30/h2-3,6,12-13,16-17,23-28,31H,4H2,1H3,(H2,22,30). The van der Waals surface area contributed by atoms with Crippen LogP contribution in [0.2, 0.25) is 5.02 Å². The van der Waals surface area contributed by atoms with Crippen LogP contribution in [-0.4, -0.2) is 67.1 Å². The molecule has 11 heteroatoms. The van der Waals surface area contributed by atoms with Crippen molar-refractivity contribution < 1.29 is 40.2 Å². The Morgan fingerprint density at radius 2 is 1.84 bits per heavy atom. The lowest BCUT2D eigenvalue weighted by atomic mass is 9.57. The quantitative estimate of drug-likeness (QED) is 0.212. The third-order valence-corrected chi connectivity index (χ3v) is 6.93. The van der Waals surface area contributed by atoms with Crippen molar-refractivity contribution in [1.29, 1.82) is 0 Å². The van der Waals surface area contributed by atoms with Gasteiger partial charge in [0.15, 0.2) is 11.4 Å². The van der Waals surface area contributed by atoms with Crippen LogP contribution in [0.15, 0.2) is 12.1 Å². The van der Waals surface area contributed by atoms with E-state index in [4.69, 9.17) is 17.3 Å². The first kappa shape index (κ1) is 21.6. The van der Waals surface area contributed by atoms with Crippen LogP contribution in [0.3, 0.4) is 0 Å². The van der Waals surface area contributed by atoms with Gasteiger partial charge in [0.2, 0.25) is 5.91 Å². The van der Waals surface area contributed by atoms with E-state index < -0.39 is 64.6 Å². The van der Waals surface area contributed by atoms with E-state index in [-0.39, 0.29) is 33.3 Å². The second-order valence-electron chi connectivity index (χ2n) is 7.99. The molecule has 2 aliphatic rings. The summed E-state index contributed by atoms with van der Waals surface area (Å²) in [5.74, 6) is -6.99. The molecule has 0 spiro atoms. The molecule has 0 heterocycles. The van der Waals surface area contributed by atoms with E-state index in [1.807, 2.05) is 0 Å². The molecule has 0 radical (unpaired) electrons. The van der Waals surface area contributed by atoms with Crippen LogP contribution in [0, 0.1) is 11.8 Å². The van der Waals surface area contributed by atoms with Gasteiger partial charge in [-0.2, -0.15) is 0 Å². The molecule has 1 saturated carbocycles. The summed E-state index contributed by atoms with van der Waals surface area (Å²) in [7, 11) is 1.43. The van der Waals surface area contributed by atoms with Gasteiger partial charge in [-0.25, -0.2) is 0 Å². The number of ketones is 1. The molecular formula is C20H21ClN2O8. The molecule has 10 nitrogen and oxygen atoms in total. The minimum absolute atomic E-state index is 0.0115. The number of hydrogen-bond donors (Lipinski definition) is 8. The molecule has 6 atom stereocenters. The van der Waals surface area contributed by atoms with E-state index >= 15 is 0 Å². The van der Waals surface area contributed by atoms with Crippen molar-refractivity contribution in [3.05, 3.63) is 28.3 Å². The van der Waals surface area contributed by atoms with Crippen LogP contribution in [0.4, 0.5) is 0 Å². The number of nitrogens with two attached hydrogens (primary N) is 1. The van der Waals surface area contributed by atoms with Crippen LogP contribution in [-0.2, 0) is 16.0 Å². The third kappa shape index (κ3) is 2.60. The van der Waals surface area contributed by atoms with E-state index in [0.717, 1.165) is 0 Å². The van der Waals surface area contributed by atoms with E-state index in [2.05, 4.69) is 5.32 Å². The Bertz CT molecular complexity index is 1140. The van der Waals surface area contributed by atoms with Crippen molar-refractivity contribution in [3.8, 4) is 17.2 Å². The molecule has 1 fully saturated rings. The van der Waals surface area contributed by atoms with E-state index in [1.54, 1.807) is 0 Å². The topological polar surface area (TPSA) is 194 Å². The summed E-state index contributed by atoms with van der Waals surface area (Å²) in [6.07, 6.45) is -3.98. The summed E-state index contributed by atoms with van der Waals surface area (Å²) >= 11 is 6.15. The number of likely N-dealkylation sites (N-methyl/N-ethyl adjacent to an activating group) is 1. The highest BCUT2D eigenvalue weighted by atomic mass is 35.5. The lowest BCUT2D eigenvalue weighted by Crippen LogP contribution is -2.71. The van der Waals surface area contributed by atoms with Crippen molar-refractivity contribution in [2.75, 3.05) is 7.05 Å². The number of rotatable bonds is 2. The van der Waals surface area contributed by atoms with Crippen LogP contribution < -0.4 is 11.1 Å². The first-order valence-corrected chi connectivity index (χ1v) is 9.83. The Hall–Kier alpha value is -2.63. The summed E-state index contributed by atoms with van der Waals surface area (Å²) in [5.41, 5.74) is 2.25. The zero-order valence-corrected chi connectivity index (χ0v) is 17.0. The minimum Gasteiger partial charge on any atom is -0.507 e. The molecule has 0 bridgehead atoms. The SMILES string of the molecule is CNC1C(O)C(C(N)=O)C(=O)C2(O)C(O)c3c(c(O)c4c(Cl)ccc(O)c4c3O)CC12. The fraction of sp³-hybridized carbons (Fsp3) is 0.400. The number of carbonyl (C=O) groups excluding carboxylic acids is 2. The Morgan fingerprint density at radius 1 is 1.19 bits per heavy atom. The highest BCUT2D eigenvalue weighted by Crippen LogP contribution is 2.56. The molecule has 4 rings (SSSR count). The number of Topliss-reactive ketones (excluding diaryl/α,β-unsaturated/α-hetero) is 1. The predicted octanol–water partition coefficient (Wildman–Crippen LogP) is -0.820. The van der Waals surface area contributed by atoms with Gasteiger partial charge in [0, 0.05) is 28.5 Å². The number of aromatic hydroxyl groups is 3. The van der Waals surface area contributed by atoms with Gasteiger partial charge in [-0.15, -0.1) is 0 Å². The number of fused-ring (bicyclic) bond motifs is 3. The summed E-state index contributed by atoms with van der Waals surface area (Å²) in [6, 6.07) is 1.41. The molecule has 0 saturated heterocycles. The second kappa shape index (κ2) is 6.94. The molecule has 0 aliphatic heterocycles. The number of halogens is 1. The molecule has 6 unspecified atom stereocenters. The Kier molecular flexibility index (Phi) is 4.83. The number of phenols is 3. The molecule has 9 N–H and O–H groups in total. The number of hydrogen-bond acceptors (Lipinski definition) is 9. The van der Waals surface area contributed by atoms with E-state index in [1.165, 1.54) is 19.2 Å². The third-order valence-electron chi connectivity index (χ3n) is 6.61. The number of amides is 1. The summed E-state index contributed by atoms with van der Waals surface area (Å²) in [5, 5.41) is 67.5. The number of primary amides is 1. The lowest BCUT2D eigenvalue weighted by Gasteiger charge is -2.52. The first-order valence-electron chi connectivity index (χ1n) is 9.45. The maximum Gasteiger partial charge on any atom is 0.230 e. The van der Waals surface area contributed by atoms with Crippen LogP contribution in [0.5, 0.6) is 17.2 Å². The molecule has 2 aromatic rings. The monoisotopic (exact) mass is 452 g/mol. The number of phenolic OH excluding ortho intramolecular Hbond substituents is 3.